The van der Waals surface area contributed by atoms with Gasteiger partial charge in [-0.25, -0.2) is 9.97 Å². The minimum Gasteiger partial charge on any atom is -0.490 e. The van der Waals surface area contributed by atoms with Crippen LogP contribution in [0.1, 0.15) is 12.7 Å². The number of piperazine rings is 1. The van der Waals surface area contributed by atoms with Gasteiger partial charge in [0.15, 0.2) is 18.1 Å². The third kappa shape index (κ3) is 5.17. The van der Waals surface area contributed by atoms with Gasteiger partial charge in [-0.05, 0) is 26.0 Å². The molecule has 1 fully saturated rings. The molecule has 1 saturated heterocycles. The lowest BCUT2D eigenvalue weighted by Gasteiger charge is -2.35. The van der Waals surface area contributed by atoms with E-state index in [2.05, 4.69) is 14.9 Å². The standard InChI is InChI=1S/C25H28N4O3/c1-3-31-22-11-7-8-12-23(22)32-18-25(30)29-15-13-28(14-16-29)24-17-21(26-19(2)27-24)20-9-5-4-6-10-20/h4-12,17H,3,13-16,18H2,1-2H3. The molecule has 1 aromatic heterocycles. The molecule has 0 aliphatic carbocycles. The first-order valence-electron chi connectivity index (χ1n) is 10.9. The summed E-state index contributed by atoms with van der Waals surface area (Å²) in [6, 6.07) is 19.5. The van der Waals surface area contributed by atoms with Crippen LogP contribution < -0.4 is 14.4 Å². The maximum absolute atomic E-state index is 12.7. The van der Waals surface area contributed by atoms with Gasteiger partial charge in [0.25, 0.3) is 5.91 Å². The van der Waals surface area contributed by atoms with Gasteiger partial charge in [-0.1, -0.05) is 42.5 Å². The Kier molecular flexibility index (Phi) is 6.84. The lowest BCUT2D eigenvalue weighted by molar-refractivity contribution is -0.133. The third-order valence-electron chi connectivity index (χ3n) is 5.35. The second kappa shape index (κ2) is 10.1. The van der Waals surface area contributed by atoms with Crippen LogP contribution in [-0.2, 0) is 4.79 Å². The van der Waals surface area contributed by atoms with E-state index < -0.39 is 0 Å². The summed E-state index contributed by atoms with van der Waals surface area (Å²) in [4.78, 5) is 26.0. The molecule has 0 saturated carbocycles. The molecule has 32 heavy (non-hydrogen) atoms. The summed E-state index contributed by atoms with van der Waals surface area (Å²) in [5, 5.41) is 0. The van der Waals surface area contributed by atoms with Gasteiger partial charge in [0, 0.05) is 37.8 Å². The Hall–Kier alpha value is -3.61. The molecule has 166 valence electrons. The highest BCUT2D eigenvalue weighted by Gasteiger charge is 2.23. The number of aryl methyl sites for hydroxylation is 1. The molecule has 2 heterocycles. The minimum absolute atomic E-state index is 0.00510. The summed E-state index contributed by atoms with van der Waals surface area (Å²) in [6.07, 6.45) is 0. The molecule has 0 radical (unpaired) electrons. The molecule has 2 aromatic carbocycles. The predicted octanol–water partition coefficient (Wildman–Crippen LogP) is 3.58. The fourth-order valence-electron chi connectivity index (χ4n) is 3.73. The summed E-state index contributed by atoms with van der Waals surface area (Å²) in [7, 11) is 0. The van der Waals surface area contributed by atoms with Crippen molar-refractivity contribution < 1.29 is 14.3 Å². The number of ether oxygens (including phenoxy) is 2. The number of para-hydroxylation sites is 2. The molecule has 4 rings (SSSR count). The van der Waals surface area contributed by atoms with Crippen molar-refractivity contribution in [3.8, 4) is 22.8 Å². The summed E-state index contributed by atoms with van der Waals surface area (Å²) in [5.41, 5.74) is 1.98. The van der Waals surface area contributed by atoms with Gasteiger partial charge in [-0.15, -0.1) is 0 Å². The van der Waals surface area contributed by atoms with Crippen LogP contribution in [0.3, 0.4) is 0 Å². The Balaban J connectivity index is 1.35. The normalized spacial score (nSPS) is 13.7. The Morgan fingerprint density at radius 3 is 2.25 bits per heavy atom. The largest absolute Gasteiger partial charge is 0.490 e. The van der Waals surface area contributed by atoms with Gasteiger partial charge in [0.05, 0.1) is 12.3 Å². The van der Waals surface area contributed by atoms with Gasteiger partial charge in [0.2, 0.25) is 0 Å². The van der Waals surface area contributed by atoms with Gasteiger partial charge in [0.1, 0.15) is 11.6 Å². The van der Waals surface area contributed by atoms with Crippen LogP contribution in [0, 0.1) is 6.92 Å². The van der Waals surface area contributed by atoms with Gasteiger partial charge in [-0.2, -0.15) is 0 Å². The van der Waals surface area contributed by atoms with Crippen LogP contribution in [0.4, 0.5) is 5.82 Å². The number of carbonyl (C=O) groups excluding carboxylic acids is 1. The maximum atomic E-state index is 12.7. The lowest BCUT2D eigenvalue weighted by atomic mass is 10.1. The summed E-state index contributed by atoms with van der Waals surface area (Å²) >= 11 is 0. The zero-order valence-electron chi connectivity index (χ0n) is 18.5. The number of hydrogen-bond acceptors (Lipinski definition) is 6. The van der Waals surface area contributed by atoms with E-state index in [1.54, 1.807) is 0 Å². The average Bonchev–Trinajstić information content (AvgIpc) is 2.84. The average molecular weight is 433 g/mol. The molecule has 0 N–H and O–H groups in total. The molecule has 7 nitrogen and oxygen atoms in total. The fraction of sp³-hybridized carbons (Fsp3) is 0.320. The van der Waals surface area contributed by atoms with Gasteiger partial charge < -0.3 is 19.3 Å². The molecule has 3 aromatic rings. The topological polar surface area (TPSA) is 67.8 Å². The molecule has 0 unspecified atom stereocenters. The number of aromatic nitrogens is 2. The first kappa shape index (κ1) is 21.6. The van der Waals surface area contributed by atoms with Crippen molar-refractivity contribution in [1.82, 2.24) is 14.9 Å². The number of hydrogen-bond donors (Lipinski definition) is 0. The highest BCUT2D eigenvalue weighted by atomic mass is 16.5. The van der Waals surface area contributed by atoms with Crippen LogP contribution in [0.5, 0.6) is 11.5 Å². The van der Waals surface area contributed by atoms with Crippen LogP contribution in [-0.4, -0.2) is 60.2 Å². The van der Waals surface area contributed by atoms with E-state index in [-0.39, 0.29) is 12.5 Å². The summed E-state index contributed by atoms with van der Waals surface area (Å²) in [6.45, 7) is 7.05. The molecular weight excluding hydrogens is 404 g/mol. The van der Waals surface area contributed by atoms with Crippen LogP contribution in [0.25, 0.3) is 11.3 Å². The molecule has 7 heteroatoms. The van der Waals surface area contributed by atoms with Crippen molar-refractivity contribution in [2.45, 2.75) is 13.8 Å². The number of nitrogens with zero attached hydrogens (tertiary/aromatic N) is 4. The summed E-state index contributed by atoms with van der Waals surface area (Å²) < 4.78 is 11.3. The highest BCUT2D eigenvalue weighted by molar-refractivity contribution is 5.78. The zero-order valence-corrected chi connectivity index (χ0v) is 18.5. The van der Waals surface area contributed by atoms with Crippen molar-refractivity contribution in [2.24, 2.45) is 0 Å². The van der Waals surface area contributed by atoms with E-state index >= 15 is 0 Å². The minimum atomic E-state index is -0.0280. The van der Waals surface area contributed by atoms with E-state index in [0.717, 1.165) is 22.9 Å². The molecule has 1 aliphatic rings. The number of carbonyl (C=O) groups is 1. The van der Waals surface area contributed by atoms with Crippen LogP contribution in [0.15, 0.2) is 60.7 Å². The molecule has 0 atom stereocenters. The summed E-state index contributed by atoms with van der Waals surface area (Å²) in [5.74, 6) is 2.85. The van der Waals surface area contributed by atoms with E-state index in [9.17, 15) is 4.79 Å². The second-order valence-corrected chi connectivity index (χ2v) is 7.56. The number of amides is 1. The molecular formula is C25H28N4O3. The van der Waals surface area contributed by atoms with Crippen molar-refractivity contribution in [1.29, 1.82) is 0 Å². The Bertz CT molecular complexity index is 1050. The Morgan fingerprint density at radius 2 is 1.56 bits per heavy atom. The van der Waals surface area contributed by atoms with Gasteiger partial charge >= 0.3 is 0 Å². The lowest BCUT2D eigenvalue weighted by Crippen LogP contribution is -2.50. The number of anilines is 1. The maximum Gasteiger partial charge on any atom is 0.260 e. The van der Waals surface area contributed by atoms with E-state index in [1.165, 1.54) is 0 Å². The van der Waals surface area contributed by atoms with Crippen LogP contribution in [0.2, 0.25) is 0 Å². The van der Waals surface area contributed by atoms with E-state index in [0.29, 0.717) is 44.3 Å². The molecule has 0 spiro atoms. The second-order valence-electron chi connectivity index (χ2n) is 7.56. The fourth-order valence-corrected chi connectivity index (χ4v) is 3.73. The van der Waals surface area contributed by atoms with Crippen molar-refractivity contribution >= 4 is 11.7 Å². The van der Waals surface area contributed by atoms with Crippen molar-refractivity contribution in [3.63, 3.8) is 0 Å². The quantitative estimate of drug-likeness (QED) is 0.569. The Labute approximate surface area is 188 Å². The third-order valence-corrected chi connectivity index (χ3v) is 5.35. The van der Waals surface area contributed by atoms with E-state index in [1.807, 2.05) is 79.4 Å². The zero-order chi connectivity index (χ0) is 22.3. The smallest absolute Gasteiger partial charge is 0.260 e. The molecule has 1 amide bonds. The molecule has 0 bridgehead atoms. The van der Waals surface area contributed by atoms with E-state index in [4.69, 9.17) is 9.47 Å². The monoisotopic (exact) mass is 432 g/mol. The first-order valence-corrected chi connectivity index (χ1v) is 10.9. The first-order chi connectivity index (χ1) is 15.6. The van der Waals surface area contributed by atoms with Crippen molar-refractivity contribution in [3.05, 3.63) is 66.5 Å². The van der Waals surface area contributed by atoms with Crippen LogP contribution >= 0.6 is 0 Å². The highest BCUT2D eigenvalue weighted by Crippen LogP contribution is 2.26. The molecule has 1 aliphatic heterocycles. The number of benzene rings is 2. The number of rotatable bonds is 7. The van der Waals surface area contributed by atoms with Crippen molar-refractivity contribution in [2.75, 3.05) is 44.3 Å². The van der Waals surface area contributed by atoms with Gasteiger partial charge in [-0.3, -0.25) is 4.79 Å². The predicted molar refractivity (Wildman–Crippen MR) is 124 cm³/mol. The Morgan fingerprint density at radius 1 is 0.906 bits per heavy atom. The SMILES string of the molecule is CCOc1ccccc1OCC(=O)N1CCN(c2cc(-c3ccccc3)nc(C)n2)CC1.